The Kier molecular flexibility index (Phi) is 3.34. The fourth-order valence-electron chi connectivity index (χ4n) is 1.50. The zero-order valence-electron chi connectivity index (χ0n) is 7.84. The largest absolute Gasteiger partial charge is 0.377 e. The van der Waals surface area contributed by atoms with E-state index in [2.05, 4.69) is 25.7 Å². The fourth-order valence-corrected chi connectivity index (χ4v) is 1.50. The highest BCUT2D eigenvalue weighted by atomic mass is 16.5. The van der Waals surface area contributed by atoms with E-state index >= 15 is 0 Å². The Morgan fingerprint density at radius 2 is 2.18 bits per heavy atom. The molecule has 66 valence electrons. The highest BCUT2D eigenvalue weighted by molar-refractivity contribution is 4.69. The standard InChI is InChI=1S/C9H19NO/c1-8(2)10-5-4-6-11-9(3)7-10/h8-9H,4-7H2,1-3H3. The Bertz CT molecular complexity index is 114. The Morgan fingerprint density at radius 3 is 2.82 bits per heavy atom. The lowest BCUT2D eigenvalue weighted by molar-refractivity contribution is 0.0633. The van der Waals surface area contributed by atoms with Gasteiger partial charge in [0.05, 0.1) is 6.10 Å². The lowest BCUT2D eigenvalue weighted by atomic mass is 10.2. The fraction of sp³-hybridized carbons (Fsp3) is 1.00. The van der Waals surface area contributed by atoms with Crippen molar-refractivity contribution in [3.63, 3.8) is 0 Å². The highest BCUT2D eigenvalue weighted by Crippen LogP contribution is 2.08. The van der Waals surface area contributed by atoms with Gasteiger partial charge >= 0.3 is 0 Å². The molecule has 1 rings (SSSR count). The molecule has 2 nitrogen and oxygen atoms in total. The van der Waals surface area contributed by atoms with Gasteiger partial charge in [0.25, 0.3) is 0 Å². The van der Waals surface area contributed by atoms with E-state index < -0.39 is 0 Å². The second-order valence-corrected chi connectivity index (χ2v) is 3.62. The van der Waals surface area contributed by atoms with E-state index in [0.717, 1.165) is 13.2 Å². The Morgan fingerprint density at radius 1 is 1.45 bits per heavy atom. The topological polar surface area (TPSA) is 12.5 Å². The summed E-state index contributed by atoms with van der Waals surface area (Å²) >= 11 is 0. The zero-order valence-corrected chi connectivity index (χ0v) is 7.84. The summed E-state index contributed by atoms with van der Waals surface area (Å²) in [5, 5.41) is 0. The van der Waals surface area contributed by atoms with Crippen LogP contribution in [0.2, 0.25) is 0 Å². The van der Waals surface area contributed by atoms with Crippen LogP contribution >= 0.6 is 0 Å². The molecule has 0 aliphatic carbocycles. The highest BCUT2D eigenvalue weighted by Gasteiger charge is 2.16. The second-order valence-electron chi connectivity index (χ2n) is 3.62. The van der Waals surface area contributed by atoms with Gasteiger partial charge in [0, 0.05) is 25.7 Å². The van der Waals surface area contributed by atoms with Crippen LogP contribution in [0.25, 0.3) is 0 Å². The first kappa shape index (κ1) is 9.01. The summed E-state index contributed by atoms with van der Waals surface area (Å²) in [6.07, 6.45) is 1.60. The molecule has 11 heavy (non-hydrogen) atoms. The van der Waals surface area contributed by atoms with Gasteiger partial charge in [0.1, 0.15) is 0 Å². The van der Waals surface area contributed by atoms with Gasteiger partial charge in [-0.1, -0.05) is 0 Å². The van der Waals surface area contributed by atoms with E-state index in [1.807, 2.05) is 0 Å². The third-order valence-electron chi connectivity index (χ3n) is 2.21. The van der Waals surface area contributed by atoms with E-state index in [-0.39, 0.29) is 0 Å². The SMILES string of the molecule is CC1CN(C(C)C)CCCO1. The minimum atomic E-state index is 0.417. The minimum Gasteiger partial charge on any atom is -0.377 e. The van der Waals surface area contributed by atoms with Crippen molar-refractivity contribution in [2.24, 2.45) is 0 Å². The summed E-state index contributed by atoms with van der Waals surface area (Å²) in [5.41, 5.74) is 0. The molecular weight excluding hydrogens is 138 g/mol. The molecule has 1 aliphatic rings. The molecule has 1 saturated heterocycles. The molecule has 1 heterocycles. The molecule has 0 aromatic carbocycles. The van der Waals surface area contributed by atoms with Crippen molar-refractivity contribution >= 4 is 0 Å². The lowest BCUT2D eigenvalue weighted by Crippen LogP contribution is -2.35. The third kappa shape index (κ3) is 2.80. The average molecular weight is 157 g/mol. The Balaban J connectivity index is 2.39. The van der Waals surface area contributed by atoms with E-state index in [0.29, 0.717) is 12.1 Å². The molecule has 1 atom stereocenters. The number of hydrogen-bond acceptors (Lipinski definition) is 2. The number of ether oxygens (including phenoxy) is 1. The van der Waals surface area contributed by atoms with E-state index in [4.69, 9.17) is 4.74 Å². The van der Waals surface area contributed by atoms with Crippen molar-refractivity contribution in [2.75, 3.05) is 19.7 Å². The van der Waals surface area contributed by atoms with Crippen molar-refractivity contribution in [1.82, 2.24) is 4.90 Å². The molecule has 1 fully saturated rings. The quantitative estimate of drug-likeness (QED) is 0.572. The summed E-state index contributed by atoms with van der Waals surface area (Å²) in [6, 6.07) is 0.666. The van der Waals surface area contributed by atoms with Gasteiger partial charge in [0.15, 0.2) is 0 Å². The number of nitrogens with zero attached hydrogens (tertiary/aromatic N) is 1. The van der Waals surface area contributed by atoms with Crippen molar-refractivity contribution in [3.05, 3.63) is 0 Å². The van der Waals surface area contributed by atoms with Crippen LogP contribution < -0.4 is 0 Å². The predicted octanol–water partition coefficient (Wildman–Crippen LogP) is 1.51. The molecule has 1 aliphatic heterocycles. The average Bonchev–Trinajstić information content (AvgIpc) is 2.13. The molecule has 0 N–H and O–H groups in total. The maximum Gasteiger partial charge on any atom is 0.0673 e. The van der Waals surface area contributed by atoms with Crippen LogP contribution in [-0.4, -0.2) is 36.7 Å². The molecule has 0 amide bonds. The van der Waals surface area contributed by atoms with Crippen molar-refractivity contribution in [1.29, 1.82) is 0 Å². The van der Waals surface area contributed by atoms with Crippen LogP contribution in [0.15, 0.2) is 0 Å². The first-order chi connectivity index (χ1) is 5.20. The molecular formula is C9H19NO. The Hall–Kier alpha value is -0.0800. The van der Waals surface area contributed by atoms with Gasteiger partial charge in [-0.15, -0.1) is 0 Å². The van der Waals surface area contributed by atoms with Crippen LogP contribution in [0.3, 0.4) is 0 Å². The maximum absolute atomic E-state index is 5.54. The molecule has 1 unspecified atom stereocenters. The smallest absolute Gasteiger partial charge is 0.0673 e. The summed E-state index contributed by atoms with van der Waals surface area (Å²) in [5.74, 6) is 0. The predicted molar refractivity (Wildman–Crippen MR) is 46.7 cm³/mol. The third-order valence-corrected chi connectivity index (χ3v) is 2.21. The van der Waals surface area contributed by atoms with E-state index in [9.17, 15) is 0 Å². The van der Waals surface area contributed by atoms with Gasteiger partial charge in [0.2, 0.25) is 0 Å². The van der Waals surface area contributed by atoms with E-state index in [1.54, 1.807) is 0 Å². The van der Waals surface area contributed by atoms with Crippen molar-refractivity contribution < 1.29 is 4.74 Å². The van der Waals surface area contributed by atoms with Crippen LogP contribution in [0.4, 0.5) is 0 Å². The summed E-state index contributed by atoms with van der Waals surface area (Å²) in [7, 11) is 0. The molecule has 0 radical (unpaired) electrons. The minimum absolute atomic E-state index is 0.417. The van der Waals surface area contributed by atoms with Gasteiger partial charge in [-0.05, 0) is 27.2 Å². The van der Waals surface area contributed by atoms with Crippen molar-refractivity contribution in [3.8, 4) is 0 Å². The molecule has 0 bridgehead atoms. The molecule has 2 heteroatoms. The zero-order chi connectivity index (χ0) is 8.27. The van der Waals surface area contributed by atoms with Gasteiger partial charge in [-0.3, -0.25) is 4.90 Å². The van der Waals surface area contributed by atoms with E-state index in [1.165, 1.54) is 13.0 Å². The summed E-state index contributed by atoms with van der Waals surface area (Å²) in [4.78, 5) is 2.48. The van der Waals surface area contributed by atoms with Crippen LogP contribution in [0, 0.1) is 0 Å². The van der Waals surface area contributed by atoms with Crippen LogP contribution in [0.1, 0.15) is 27.2 Å². The molecule has 0 saturated carbocycles. The monoisotopic (exact) mass is 157 g/mol. The number of hydrogen-bond donors (Lipinski definition) is 0. The second kappa shape index (κ2) is 4.07. The van der Waals surface area contributed by atoms with Crippen LogP contribution in [0.5, 0.6) is 0 Å². The maximum atomic E-state index is 5.54. The normalized spacial score (nSPS) is 28.9. The lowest BCUT2D eigenvalue weighted by Gasteiger charge is -2.25. The van der Waals surface area contributed by atoms with Crippen LogP contribution in [-0.2, 0) is 4.74 Å². The first-order valence-corrected chi connectivity index (χ1v) is 4.56. The molecule has 0 aromatic heterocycles. The molecule has 0 aromatic rings. The summed E-state index contributed by atoms with van der Waals surface area (Å²) < 4.78 is 5.54. The summed E-state index contributed by atoms with van der Waals surface area (Å²) in [6.45, 7) is 9.88. The number of rotatable bonds is 1. The van der Waals surface area contributed by atoms with Gasteiger partial charge in [-0.2, -0.15) is 0 Å². The Labute approximate surface area is 69.5 Å². The molecule has 0 spiro atoms. The first-order valence-electron chi connectivity index (χ1n) is 4.56. The van der Waals surface area contributed by atoms with Crippen molar-refractivity contribution in [2.45, 2.75) is 39.3 Å². The van der Waals surface area contributed by atoms with Gasteiger partial charge < -0.3 is 4.74 Å². The van der Waals surface area contributed by atoms with Gasteiger partial charge in [-0.25, -0.2) is 0 Å².